The molecule has 4 nitrogen and oxygen atoms in total. The minimum Gasteiger partial charge on any atom is -0.495 e. The number of nitrogens with zero attached hydrogens (tertiary/aromatic N) is 2. The zero-order valence-electron chi connectivity index (χ0n) is 11.1. The highest BCUT2D eigenvalue weighted by molar-refractivity contribution is 9.10. The normalized spacial score (nSPS) is 10.6. The van der Waals surface area contributed by atoms with Crippen LogP contribution in [0.25, 0.3) is 10.8 Å². The van der Waals surface area contributed by atoms with Crippen LogP contribution in [0.15, 0.2) is 46.9 Å². The molecule has 0 radical (unpaired) electrons. The Morgan fingerprint density at radius 1 is 1.10 bits per heavy atom. The van der Waals surface area contributed by atoms with E-state index in [2.05, 4.69) is 31.4 Å². The summed E-state index contributed by atoms with van der Waals surface area (Å²) in [6.07, 6.45) is 0. The molecule has 0 bridgehead atoms. The Kier molecular flexibility index (Phi) is 3.94. The molecule has 21 heavy (non-hydrogen) atoms. The molecule has 0 unspecified atom stereocenters. The molecule has 2 aromatic carbocycles. The number of hydrogen-bond acceptors (Lipinski definition) is 4. The van der Waals surface area contributed by atoms with E-state index in [1.807, 2.05) is 42.5 Å². The third-order valence-electron chi connectivity index (χ3n) is 3.06. The lowest BCUT2D eigenvalue weighted by Gasteiger charge is -2.10. The largest absolute Gasteiger partial charge is 0.495 e. The van der Waals surface area contributed by atoms with Crippen molar-refractivity contribution in [2.24, 2.45) is 0 Å². The summed E-state index contributed by atoms with van der Waals surface area (Å²) < 4.78 is 6.18. The average Bonchev–Trinajstić information content (AvgIpc) is 2.52. The minimum absolute atomic E-state index is 0.393. The van der Waals surface area contributed by atoms with E-state index in [4.69, 9.17) is 16.3 Å². The van der Waals surface area contributed by atoms with Gasteiger partial charge in [0.05, 0.1) is 11.6 Å². The van der Waals surface area contributed by atoms with Crippen molar-refractivity contribution in [2.45, 2.75) is 0 Å². The van der Waals surface area contributed by atoms with Gasteiger partial charge in [-0.05, 0) is 28.1 Å². The Morgan fingerprint density at radius 2 is 1.86 bits per heavy atom. The van der Waals surface area contributed by atoms with E-state index in [-0.39, 0.29) is 0 Å². The highest BCUT2D eigenvalue weighted by Gasteiger charge is 2.08. The zero-order valence-corrected chi connectivity index (χ0v) is 13.4. The van der Waals surface area contributed by atoms with Gasteiger partial charge in [-0.1, -0.05) is 35.9 Å². The number of rotatable bonds is 3. The van der Waals surface area contributed by atoms with Crippen LogP contribution in [0.3, 0.4) is 0 Å². The van der Waals surface area contributed by atoms with Gasteiger partial charge in [0.15, 0.2) is 11.0 Å². The summed E-state index contributed by atoms with van der Waals surface area (Å²) >= 11 is 9.50. The second-order valence-corrected chi connectivity index (χ2v) is 5.57. The molecular weight excluding hydrogens is 354 g/mol. The molecule has 0 saturated heterocycles. The molecule has 1 N–H and O–H groups in total. The van der Waals surface area contributed by atoms with Gasteiger partial charge in [0.25, 0.3) is 0 Å². The third kappa shape index (κ3) is 2.80. The van der Waals surface area contributed by atoms with Crippen molar-refractivity contribution >= 4 is 49.8 Å². The Bertz CT molecular complexity index is 810. The average molecular weight is 365 g/mol. The first-order valence-corrected chi connectivity index (χ1v) is 7.37. The fourth-order valence-corrected chi connectivity index (χ4v) is 2.65. The van der Waals surface area contributed by atoms with Gasteiger partial charge in [-0.25, -0.2) is 0 Å². The first kappa shape index (κ1) is 14.1. The molecule has 106 valence electrons. The molecule has 0 saturated carbocycles. The van der Waals surface area contributed by atoms with Crippen molar-refractivity contribution in [3.8, 4) is 5.75 Å². The van der Waals surface area contributed by atoms with E-state index in [0.29, 0.717) is 11.0 Å². The van der Waals surface area contributed by atoms with Crippen LogP contribution in [0.5, 0.6) is 5.75 Å². The van der Waals surface area contributed by atoms with E-state index in [1.165, 1.54) is 0 Å². The topological polar surface area (TPSA) is 47.0 Å². The summed E-state index contributed by atoms with van der Waals surface area (Å²) in [6, 6.07) is 13.4. The molecule has 6 heteroatoms. The smallest absolute Gasteiger partial charge is 0.161 e. The SMILES string of the molecule is COc1cc(Nc2nnc(Cl)c3ccccc23)ccc1Br. The van der Waals surface area contributed by atoms with Crippen LogP contribution in [0.1, 0.15) is 0 Å². The second-order valence-electron chi connectivity index (χ2n) is 4.36. The number of anilines is 2. The second kappa shape index (κ2) is 5.87. The Hall–Kier alpha value is -1.85. The van der Waals surface area contributed by atoms with Gasteiger partial charge in [0, 0.05) is 22.5 Å². The fraction of sp³-hybridized carbons (Fsp3) is 0.0667. The van der Waals surface area contributed by atoms with Crippen LogP contribution in [0.2, 0.25) is 5.15 Å². The van der Waals surface area contributed by atoms with Crippen LogP contribution in [0.4, 0.5) is 11.5 Å². The van der Waals surface area contributed by atoms with Crippen molar-refractivity contribution in [3.63, 3.8) is 0 Å². The van der Waals surface area contributed by atoms with Gasteiger partial charge in [-0.15, -0.1) is 10.2 Å². The van der Waals surface area contributed by atoms with E-state index in [0.717, 1.165) is 26.7 Å². The lowest BCUT2D eigenvalue weighted by atomic mass is 10.2. The summed E-state index contributed by atoms with van der Waals surface area (Å²) in [4.78, 5) is 0. The highest BCUT2D eigenvalue weighted by Crippen LogP contribution is 2.31. The van der Waals surface area contributed by atoms with Crippen molar-refractivity contribution < 1.29 is 4.74 Å². The van der Waals surface area contributed by atoms with Gasteiger partial charge in [0.1, 0.15) is 5.75 Å². The monoisotopic (exact) mass is 363 g/mol. The van der Waals surface area contributed by atoms with E-state index >= 15 is 0 Å². The lowest BCUT2D eigenvalue weighted by Crippen LogP contribution is -1.98. The number of methoxy groups -OCH3 is 1. The maximum Gasteiger partial charge on any atom is 0.161 e. The third-order valence-corrected chi connectivity index (χ3v) is 3.99. The molecule has 0 fully saturated rings. The molecule has 3 aromatic rings. The Labute approximate surface area is 135 Å². The van der Waals surface area contributed by atoms with Gasteiger partial charge < -0.3 is 10.1 Å². The number of halogens is 2. The van der Waals surface area contributed by atoms with Crippen LogP contribution < -0.4 is 10.1 Å². The van der Waals surface area contributed by atoms with E-state index in [1.54, 1.807) is 7.11 Å². The number of fused-ring (bicyclic) bond motifs is 1. The van der Waals surface area contributed by atoms with Gasteiger partial charge >= 0.3 is 0 Å². The predicted molar refractivity (Wildman–Crippen MR) is 88.5 cm³/mol. The molecule has 0 spiro atoms. The number of hydrogen-bond donors (Lipinski definition) is 1. The zero-order chi connectivity index (χ0) is 14.8. The quantitative estimate of drug-likeness (QED) is 0.725. The molecule has 0 aliphatic rings. The summed E-state index contributed by atoms with van der Waals surface area (Å²) in [5.74, 6) is 1.39. The Balaban J connectivity index is 2.04. The number of benzene rings is 2. The molecule has 1 aromatic heterocycles. The summed E-state index contributed by atoms with van der Waals surface area (Å²) in [5.41, 5.74) is 0.858. The number of ether oxygens (including phenoxy) is 1. The van der Waals surface area contributed by atoms with Crippen LogP contribution in [-0.2, 0) is 0 Å². The van der Waals surface area contributed by atoms with Gasteiger partial charge in [-0.3, -0.25) is 0 Å². The maximum atomic E-state index is 6.07. The van der Waals surface area contributed by atoms with Gasteiger partial charge in [-0.2, -0.15) is 0 Å². The van der Waals surface area contributed by atoms with E-state index in [9.17, 15) is 0 Å². The standard InChI is InChI=1S/C15H11BrClN3O/c1-21-13-8-9(6-7-12(13)16)18-15-11-5-3-2-4-10(11)14(17)19-20-15/h2-8H,1H3,(H,18,20). The summed E-state index contributed by atoms with van der Waals surface area (Å²) in [5, 5.41) is 13.5. The van der Waals surface area contributed by atoms with Crippen molar-refractivity contribution in [3.05, 3.63) is 52.1 Å². The Morgan fingerprint density at radius 3 is 2.62 bits per heavy atom. The molecule has 0 amide bonds. The number of nitrogens with one attached hydrogen (secondary N) is 1. The molecule has 0 atom stereocenters. The van der Waals surface area contributed by atoms with Crippen molar-refractivity contribution in [1.29, 1.82) is 0 Å². The summed E-state index contributed by atoms with van der Waals surface area (Å²) in [7, 11) is 1.63. The molecule has 1 heterocycles. The van der Waals surface area contributed by atoms with Crippen LogP contribution in [0, 0.1) is 0 Å². The van der Waals surface area contributed by atoms with Crippen molar-refractivity contribution in [1.82, 2.24) is 10.2 Å². The van der Waals surface area contributed by atoms with Gasteiger partial charge in [0.2, 0.25) is 0 Å². The first-order valence-electron chi connectivity index (χ1n) is 6.20. The van der Waals surface area contributed by atoms with Crippen LogP contribution in [-0.4, -0.2) is 17.3 Å². The minimum atomic E-state index is 0.393. The maximum absolute atomic E-state index is 6.07. The predicted octanol–water partition coefficient (Wildman–Crippen LogP) is 4.80. The summed E-state index contributed by atoms with van der Waals surface area (Å²) in [6.45, 7) is 0. The fourth-order valence-electron chi connectivity index (χ4n) is 2.04. The molecule has 0 aliphatic carbocycles. The first-order chi connectivity index (χ1) is 10.2. The molecule has 3 rings (SSSR count). The molecule has 0 aliphatic heterocycles. The highest BCUT2D eigenvalue weighted by atomic mass is 79.9. The lowest BCUT2D eigenvalue weighted by molar-refractivity contribution is 0.412. The van der Waals surface area contributed by atoms with Crippen LogP contribution >= 0.6 is 27.5 Å². The van der Waals surface area contributed by atoms with Crippen molar-refractivity contribution in [2.75, 3.05) is 12.4 Å². The van der Waals surface area contributed by atoms with E-state index < -0.39 is 0 Å². The number of aromatic nitrogens is 2. The molecular formula is C15H11BrClN3O.